The second-order valence-electron chi connectivity index (χ2n) is 4.68. The molecule has 0 aliphatic rings. The van der Waals surface area contributed by atoms with Crippen LogP contribution in [0.3, 0.4) is 0 Å². The van der Waals surface area contributed by atoms with Crippen molar-refractivity contribution in [1.82, 2.24) is 5.32 Å². The van der Waals surface area contributed by atoms with Gasteiger partial charge in [0.1, 0.15) is 5.78 Å². The van der Waals surface area contributed by atoms with Gasteiger partial charge in [-0.25, -0.2) is 0 Å². The van der Waals surface area contributed by atoms with Gasteiger partial charge in [-0.05, 0) is 31.5 Å². The number of likely N-dealkylation sites (N-methyl/N-ethyl adjacent to an activating group) is 1. The van der Waals surface area contributed by atoms with Gasteiger partial charge >= 0.3 is 0 Å². The SMILES string of the molecule is CN[C@@H](Cc1ccc(CP(C)(=O)O)cc1)C(C)=O. The molecule has 0 bridgehead atoms. The molecule has 0 aromatic heterocycles. The van der Waals surface area contributed by atoms with Gasteiger partial charge in [0.2, 0.25) is 7.37 Å². The number of ketones is 1. The molecule has 4 nitrogen and oxygen atoms in total. The lowest BCUT2D eigenvalue weighted by Gasteiger charge is -2.13. The predicted molar refractivity (Wildman–Crippen MR) is 73.1 cm³/mol. The topological polar surface area (TPSA) is 66.4 Å². The Hall–Kier alpha value is -0.960. The van der Waals surface area contributed by atoms with E-state index in [-0.39, 0.29) is 18.0 Å². The zero-order valence-corrected chi connectivity index (χ0v) is 11.9. The van der Waals surface area contributed by atoms with E-state index in [1.807, 2.05) is 24.3 Å². The van der Waals surface area contributed by atoms with E-state index in [0.717, 1.165) is 11.1 Å². The van der Waals surface area contributed by atoms with Crippen LogP contribution in [0.5, 0.6) is 0 Å². The highest BCUT2D eigenvalue weighted by molar-refractivity contribution is 7.56. The Bertz CT molecular complexity index is 450. The minimum Gasteiger partial charge on any atom is -0.344 e. The van der Waals surface area contributed by atoms with Gasteiger partial charge in [0.05, 0.1) is 6.04 Å². The van der Waals surface area contributed by atoms with Gasteiger partial charge < -0.3 is 10.2 Å². The summed E-state index contributed by atoms with van der Waals surface area (Å²) in [5.74, 6) is 0.106. The monoisotopic (exact) mass is 269 g/mol. The molecule has 0 heterocycles. The standard InChI is InChI=1S/C13H20NO3P/c1-10(15)13(14-2)8-11-4-6-12(7-5-11)9-18(3,16)17/h4-7,13-14H,8-9H2,1-3H3,(H,16,17)/t13-/m0/s1. The maximum atomic E-state index is 11.3. The van der Waals surface area contributed by atoms with Crippen molar-refractivity contribution < 1.29 is 14.3 Å². The van der Waals surface area contributed by atoms with Gasteiger partial charge in [0.15, 0.2) is 0 Å². The van der Waals surface area contributed by atoms with Crippen LogP contribution in [0.4, 0.5) is 0 Å². The Kier molecular flexibility index (Phi) is 5.27. The summed E-state index contributed by atoms with van der Waals surface area (Å²) in [7, 11) is -1.25. The molecule has 0 spiro atoms. The number of carbonyl (C=O) groups is 1. The van der Waals surface area contributed by atoms with Crippen LogP contribution in [-0.4, -0.2) is 30.4 Å². The van der Waals surface area contributed by atoms with Crippen LogP contribution in [0.1, 0.15) is 18.1 Å². The fraction of sp³-hybridized carbons (Fsp3) is 0.462. The third-order valence-electron chi connectivity index (χ3n) is 2.78. The third kappa shape index (κ3) is 5.13. The highest BCUT2D eigenvalue weighted by Crippen LogP contribution is 2.39. The van der Waals surface area contributed by atoms with Crippen molar-refractivity contribution in [2.45, 2.75) is 25.5 Å². The average Bonchev–Trinajstić information content (AvgIpc) is 2.25. The summed E-state index contributed by atoms with van der Waals surface area (Å²) < 4.78 is 11.3. The minimum absolute atomic E-state index is 0.106. The lowest BCUT2D eigenvalue weighted by Crippen LogP contribution is -2.34. The van der Waals surface area contributed by atoms with E-state index < -0.39 is 7.37 Å². The second kappa shape index (κ2) is 6.28. The molecular weight excluding hydrogens is 249 g/mol. The molecule has 2 N–H and O–H groups in total. The van der Waals surface area contributed by atoms with Crippen LogP contribution >= 0.6 is 7.37 Å². The first-order chi connectivity index (χ1) is 8.31. The van der Waals surface area contributed by atoms with Crippen molar-refractivity contribution in [3.63, 3.8) is 0 Å². The first kappa shape index (κ1) is 15.1. The Labute approximate surface area is 108 Å². The van der Waals surface area contributed by atoms with Gasteiger partial charge in [0.25, 0.3) is 0 Å². The zero-order valence-electron chi connectivity index (χ0n) is 11.0. The van der Waals surface area contributed by atoms with Crippen LogP contribution < -0.4 is 5.32 Å². The molecule has 0 saturated carbocycles. The van der Waals surface area contributed by atoms with Crippen molar-refractivity contribution >= 4 is 13.2 Å². The van der Waals surface area contributed by atoms with Gasteiger partial charge in [-0.15, -0.1) is 0 Å². The number of rotatable bonds is 6. The lowest BCUT2D eigenvalue weighted by molar-refractivity contribution is -0.118. The summed E-state index contributed by atoms with van der Waals surface area (Å²) in [6.07, 6.45) is 0.824. The van der Waals surface area contributed by atoms with Crippen molar-refractivity contribution in [2.24, 2.45) is 0 Å². The molecule has 18 heavy (non-hydrogen) atoms. The van der Waals surface area contributed by atoms with E-state index in [2.05, 4.69) is 5.32 Å². The molecule has 1 unspecified atom stereocenters. The van der Waals surface area contributed by atoms with Crippen LogP contribution in [-0.2, 0) is 21.9 Å². The fourth-order valence-electron chi connectivity index (χ4n) is 1.80. The predicted octanol–water partition coefficient (Wildman–Crippen LogP) is 1.81. The molecule has 0 amide bonds. The van der Waals surface area contributed by atoms with Gasteiger partial charge in [-0.3, -0.25) is 9.36 Å². The first-order valence-electron chi connectivity index (χ1n) is 5.86. The number of carbonyl (C=O) groups excluding carboxylic acids is 1. The van der Waals surface area contributed by atoms with E-state index in [1.165, 1.54) is 6.66 Å². The lowest BCUT2D eigenvalue weighted by atomic mass is 10.0. The number of benzene rings is 1. The van der Waals surface area contributed by atoms with Crippen molar-refractivity contribution in [2.75, 3.05) is 13.7 Å². The highest BCUT2D eigenvalue weighted by Gasteiger charge is 2.13. The summed E-state index contributed by atoms with van der Waals surface area (Å²) in [6, 6.07) is 7.31. The average molecular weight is 269 g/mol. The molecule has 5 heteroatoms. The zero-order chi connectivity index (χ0) is 13.8. The summed E-state index contributed by atoms with van der Waals surface area (Å²) >= 11 is 0. The second-order valence-corrected chi connectivity index (χ2v) is 7.10. The quantitative estimate of drug-likeness (QED) is 0.773. The number of nitrogens with one attached hydrogen (secondary N) is 1. The molecule has 2 atom stereocenters. The van der Waals surface area contributed by atoms with Crippen LogP contribution in [0.25, 0.3) is 0 Å². The van der Waals surface area contributed by atoms with Crippen molar-refractivity contribution in [3.8, 4) is 0 Å². The number of hydrogen-bond acceptors (Lipinski definition) is 3. The minimum atomic E-state index is -3.02. The molecule has 0 fully saturated rings. The third-order valence-corrected chi connectivity index (χ3v) is 3.73. The normalized spacial score (nSPS) is 16.0. The smallest absolute Gasteiger partial charge is 0.201 e. The van der Waals surface area contributed by atoms with Gasteiger partial charge in [-0.2, -0.15) is 0 Å². The Morgan fingerprint density at radius 3 is 2.22 bits per heavy atom. The van der Waals surface area contributed by atoms with Gasteiger partial charge in [0, 0.05) is 12.8 Å². The maximum absolute atomic E-state index is 11.3. The molecule has 0 aliphatic carbocycles. The number of Topliss-reactive ketones (excluding diaryl/α,β-unsaturated/α-hetero) is 1. The molecule has 0 saturated heterocycles. The molecule has 100 valence electrons. The molecule has 0 radical (unpaired) electrons. The molecular formula is C13H20NO3P. The Morgan fingerprint density at radius 1 is 1.33 bits per heavy atom. The highest BCUT2D eigenvalue weighted by atomic mass is 31.2. The number of hydrogen-bond donors (Lipinski definition) is 2. The molecule has 1 aromatic carbocycles. The van der Waals surface area contributed by atoms with E-state index in [0.29, 0.717) is 6.42 Å². The van der Waals surface area contributed by atoms with Crippen LogP contribution in [0.15, 0.2) is 24.3 Å². The van der Waals surface area contributed by atoms with Crippen LogP contribution in [0.2, 0.25) is 0 Å². The van der Waals surface area contributed by atoms with E-state index in [1.54, 1.807) is 14.0 Å². The van der Waals surface area contributed by atoms with Crippen LogP contribution in [0, 0.1) is 0 Å². The summed E-state index contributed by atoms with van der Waals surface area (Å²) in [6.45, 7) is 2.92. The summed E-state index contributed by atoms with van der Waals surface area (Å²) in [5.41, 5.74) is 1.88. The van der Waals surface area contributed by atoms with Crippen molar-refractivity contribution in [3.05, 3.63) is 35.4 Å². The Balaban J connectivity index is 2.71. The largest absolute Gasteiger partial charge is 0.344 e. The summed E-state index contributed by atoms with van der Waals surface area (Å²) in [4.78, 5) is 20.6. The van der Waals surface area contributed by atoms with Gasteiger partial charge in [-0.1, -0.05) is 24.3 Å². The van der Waals surface area contributed by atoms with E-state index >= 15 is 0 Å². The fourth-order valence-corrected chi connectivity index (χ4v) is 2.69. The summed E-state index contributed by atoms with van der Waals surface area (Å²) in [5, 5.41) is 2.97. The Morgan fingerprint density at radius 2 is 1.83 bits per heavy atom. The molecule has 1 aromatic rings. The van der Waals surface area contributed by atoms with E-state index in [4.69, 9.17) is 0 Å². The first-order valence-corrected chi connectivity index (χ1v) is 8.16. The van der Waals surface area contributed by atoms with Crippen molar-refractivity contribution in [1.29, 1.82) is 0 Å². The van der Waals surface area contributed by atoms with E-state index in [9.17, 15) is 14.3 Å². The molecule has 1 rings (SSSR count). The maximum Gasteiger partial charge on any atom is 0.201 e. The molecule has 0 aliphatic heterocycles.